The van der Waals surface area contributed by atoms with Gasteiger partial charge in [0.15, 0.2) is 11.4 Å². The highest BCUT2D eigenvalue weighted by molar-refractivity contribution is 7.07. The van der Waals surface area contributed by atoms with Crippen molar-refractivity contribution in [1.29, 1.82) is 0 Å². The number of ether oxygens (including phenoxy) is 4. The van der Waals surface area contributed by atoms with Crippen LogP contribution in [0.4, 0.5) is 0 Å². The van der Waals surface area contributed by atoms with Crippen LogP contribution in [0.1, 0.15) is 31.0 Å². The lowest BCUT2D eigenvalue weighted by Crippen LogP contribution is -2.42. The van der Waals surface area contributed by atoms with E-state index in [1.54, 1.807) is 36.1 Å². The van der Waals surface area contributed by atoms with Crippen molar-refractivity contribution in [2.45, 2.75) is 19.9 Å². The molecule has 214 valence electrons. The smallest absolute Gasteiger partial charge is 0.338 e. The zero-order valence-corrected chi connectivity index (χ0v) is 23.9. The van der Waals surface area contributed by atoms with Crippen LogP contribution in [0, 0.1) is 0 Å². The molecule has 2 aromatic carbocycles. The maximum atomic E-state index is 13.9. The Morgan fingerprint density at radius 3 is 2.66 bits per heavy atom. The monoisotopic (exact) mass is 577 g/mol. The lowest BCUT2D eigenvalue weighted by atomic mass is 9.95. The first-order valence-corrected chi connectivity index (χ1v) is 14.1. The number of nitrogens with zero attached hydrogens (tertiary/aromatic N) is 3. The van der Waals surface area contributed by atoms with Crippen LogP contribution >= 0.6 is 11.3 Å². The van der Waals surface area contributed by atoms with Gasteiger partial charge in [-0.1, -0.05) is 41.7 Å². The quantitative estimate of drug-likeness (QED) is 0.377. The number of aromatic nitrogens is 1. The molecule has 2 aliphatic rings. The van der Waals surface area contributed by atoms with E-state index in [4.69, 9.17) is 18.9 Å². The van der Waals surface area contributed by atoms with Crippen LogP contribution < -0.4 is 24.4 Å². The molecule has 0 saturated carbocycles. The van der Waals surface area contributed by atoms with Crippen LogP contribution in [-0.4, -0.2) is 68.0 Å². The summed E-state index contributed by atoms with van der Waals surface area (Å²) in [4.78, 5) is 46.1. The first-order valence-electron chi connectivity index (χ1n) is 13.3. The number of hydrogen-bond acceptors (Lipinski definition) is 9. The van der Waals surface area contributed by atoms with Crippen molar-refractivity contribution < 1.29 is 28.5 Å². The van der Waals surface area contributed by atoms with E-state index in [1.165, 1.54) is 23.0 Å². The van der Waals surface area contributed by atoms with E-state index in [-0.39, 0.29) is 23.6 Å². The first-order chi connectivity index (χ1) is 19.9. The number of esters is 1. The van der Waals surface area contributed by atoms with E-state index in [0.29, 0.717) is 65.0 Å². The number of hydrogen-bond donors (Lipinski definition) is 0. The number of carbonyl (C=O) groups is 2. The van der Waals surface area contributed by atoms with Gasteiger partial charge in [-0.3, -0.25) is 14.2 Å². The number of methoxy groups -OCH3 is 1. The Kier molecular flexibility index (Phi) is 8.65. The van der Waals surface area contributed by atoms with E-state index < -0.39 is 12.0 Å². The predicted molar refractivity (Wildman–Crippen MR) is 153 cm³/mol. The molecule has 11 heteroatoms. The third-order valence-corrected chi connectivity index (χ3v) is 7.81. The van der Waals surface area contributed by atoms with Gasteiger partial charge in [0.25, 0.3) is 11.5 Å². The molecule has 0 unspecified atom stereocenters. The molecule has 3 aromatic rings. The van der Waals surface area contributed by atoms with Crippen molar-refractivity contribution in [3.63, 3.8) is 0 Å². The fraction of sp³-hybridized carbons (Fsp3) is 0.333. The van der Waals surface area contributed by atoms with Crippen LogP contribution in [0.3, 0.4) is 0 Å². The highest BCUT2D eigenvalue weighted by Crippen LogP contribution is 2.35. The molecule has 10 nitrogen and oxygen atoms in total. The lowest BCUT2D eigenvalue weighted by Gasteiger charge is -2.26. The van der Waals surface area contributed by atoms with E-state index in [9.17, 15) is 14.4 Å². The standard InChI is InChI=1S/C30H31N3O7S/c1-4-39-23-11-6-5-10-22(23)27-26(29(36)37-3)19(2)31-30-33(27)28(35)24(41-30)17-20-8-7-9-21(16-20)40-18-25(34)32-12-14-38-15-13-32/h5-11,16-17,27H,4,12-15,18H2,1-3H3/b24-17+/t27-/m1/s1. The molecule has 5 rings (SSSR count). The average molecular weight is 578 g/mol. The van der Waals surface area contributed by atoms with Gasteiger partial charge in [0.05, 0.1) is 42.7 Å². The van der Waals surface area contributed by atoms with Crippen LogP contribution in [0.2, 0.25) is 0 Å². The summed E-state index contributed by atoms with van der Waals surface area (Å²) in [6.45, 7) is 6.10. The summed E-state index contributed by atoms with van der Waals surface area (Å²) in [5, 5.41) is 0. The summed E-state index contributed by atoms with van der Waals surface area (Å²) in [6.07, 6.45) is 1.75. The predicted octanol–water partition coefficient (Wildman–Crippen LogP) is 2.04. The molecule has 0 N–H and O–H groups in total. The van der Waals surface area contributed by atoms with Gasteiger partial charge in [0.2, 0.25) is 0 Å². The summed E-state index contributed by atoms with van der Waals surface area (Å²) in [5.41, 5.74) is 1.84. The number of benzene rings is 2. The topological polar surface area (TPSA) is 109 Å². The molecule has 1 atom stereocenters. The summed E-state index contributed by atoms with van der Waals surface area (Å²) < 4.78 is 24.0. The molecule has 41 heavy (non-hydrogen) atoms. The van der Waals surface area contributed by atoms with Gasteiger partial charge in [0.1, 0.15) is 17.5 Å². The molecular formula is C30H31N3O7S. The van der Waals surface area contributed by atoms with Crippen molar-refractivity contribution in [2.75, 3.05) is 46.6 Å². The minimum Gasteiger partial charge on any atom is -0.494 e. The summed E-state index contributed by atoms with van der Waals surface area (Å²) in [5.74, 6) is 0.423. The van der Waals surface area contributed by atoms with Gasteiger partial charge in [-0.2, -0.15) is 0 Å². The Hall–Kier alpha value is -4.22. The largest absolute Gasteiger partial charge is 0.494 e. The molecule has 0 spiro atoms. The molecule has 1 amide bonds. The Morgan fingerprint density at radius 1 is 1.12 bits per heavy atom. The fourth-order valence-corrected chi connectivity index (χ4v) is 5.92. The molecule has 1 aromatic heterocycles. The minimum absolute atomic E-state index is 0.0829. The molecule has 2 aliphatic heterocycles. The SMILES string of the molecule is CCOc1ccccc1[C@@H]1C(C(=O)OC)=C(C)N=c2s/c(=C/c3cccc(OCC(=O)N4CCOCC4)c3)c(=O)n21. The second-order valence-corrected chi connectivity index (χ2v) is 10.4. The number of allylic oxidation sites excluding steroid dienone is 1. The van der Waals surface area contributed by atoms with Crippen LogP contribution in [0.5, 0.6) is 11.5 Å². The number of morpholine rings is 1. The van der Waals surface area contributed by atoms with Gasteiger partial charge in [-0.25, -0.2) is 9.79 Å². The molecule has 3 heterocycles. The van der Waals surface area contributed by atoms with Gasteiger partial charge in [-0.05, 0) is 43.7 Å². The van der Waals surface area contributed by atoms with E-state index in [0.717, 1.165) is 5.56 Å². The number of fused-ring (bicyclic) bond motifs is 1. The number of para-hydroxylation sites is 1. The maximum absolute atomic E-state index is 13.9. The van der Waals surface area contributed by atoms with Crippen molar-refractivity contribution in [3.05, 3.63) is 90.6 Å². The zero-order chi connectivity index (χ0) is 28.9. The lowest BCUT2D eigenvalue weighted by molar-refractivity contribution is -0.137. The molecular weight excluding hydrogens is 546 g/mol. The number of carbonyl (C=O) groups excluding carboxylic acids is 2. The van der Waals surface area contributed by atoms with Crippen LogP contribution in [-0.2, 0) is 19.1 Å². The third kappa shape index (κ3) is 5.96. The average Bonchev–Trinajstić information content (AvgIpc) is 3.29. The van der Waals surface area contributed by atoms with E-state index >= 15 is 0 Å². The highest BCUT2D eigenvalue weighted by Gasteiger charge is 2.34. The molecule has 0 aliphatic carbocycles. The van der Waals surface area contributed by atoms with E-state index in [1.807, 2.05) is 37.3 Å². The maximum Gasteiger partial charge on any atom is 0.338 e. The van der Waals surface area contributed by atoms with Gasteiger partial charge in [0, 0.05) is 18.7 Å². The Labute approximate surface area is 240 Å². The first kappa shape index (κ1) is 28.3. The van der Waals surface area contributed by atoms with Crippen LogP contribution in [0.15, 0.2) is 69.6 Å². The van der Waals surface area contributed by atoms with Crippen molar-refractivity contribution in [3.8, 4) is 11.5 Å². The summed E-state index contributed by atoms with van der Waals surface area (Å²) in [7, 11) is 1.31. The Bertz CT molecular complexity index is 1670. The van der Waals surface area contributed by atoms with Crippen molar-refractivity contribution >= 4 is 29.3 Å². The van der Waals surface area contributed by atoms with Crippen LogP contribution in [0.25, 0.3) is 6.08 Å². The normalized spacial score (nSPS) is 17.1. The second-order valence-electron chi connectivity index (χ2n) is 9.40. The molecule has 1 saturated heterocycles. The Morgan fingerprint density at radius 2 is 1.90 bits per heavy atom. The summed E-state index contributed by atoms with van der Waals surface area (Å²) in [6, 6.07) is 13.8. The number of rotatable bonds is 8. The molecule has 1 fully saturated rings. The molecule has 0 radical (unpaired) electrons. The molecule has 0 bridgehead atoms. The van der Waals surface area contributed by atoms with Gasteiger partial charge in [-0.15, -0.1) is 0 Å². The third-order valence-electron chi connectivity index (χ3n) is 6.82. The number of amides is 1. The fourth-order valence-electron chi connectivity index (χ4n) is 4.87. The summed E-state index contributed by atoms with van der Waals surface area (Å²) >= 11 is 1.23. The number of thiazole rings is 1. The van der Waals surface area contributed by atoms with Crippen molar-refractivity contribution in [2.24, 2.45) is 4.99 Å². The van der Waals surface area contributed by atoms with E-state index in [2.05, 4.69) is 4.99 Å². The Balaban J connectivity index is 1.51. The van der Waals surface area contributed by atoms with Crippen molar-refractivity contribution in [1.82, 2.24) is 9.47 Å². The minimum atomic E-state index is -0.774. The zero-order valence-electron chi connectivity index (χ0n) is 23.1. The van der Waals surface area contributed by atoms with Gasteiger partial charge < -0.3 is 23.8 Å². The van der Waals surface area contributed by atoms with Gasteiger partial charge >= 0.3 is 5.97 Å². The highest BCUT2D eigenvalue weighted by atomic mass is 32.1. The second kappa shape index (κ2) is 12.5.